The van der Waals surface area contributed by atoms with Crippen molar-refractivity contribution >= 4 is 45.1 Å². The predicted octanol–water partition coefficient (Wildman–Crippen LogP) is 2.86. The summed E-state index contributed by atoms with van der Waals surface area (Å²) in [6.07, 6.45) is 5.77. The molecule has 1 aromatic heterocycles. The van der Waals surface area contributed by atoms with Crippen LogP contribution in [0.2, 0.25) is 0 Å². The van der Waals surface area contributed by atoms with E-state index in [1.165, 1.54) is 42.4 Å². The molecule has 0 atom stereocenters. The van der Waals surface area contributed by atoms with Crippen LogP contribution < -0.4 is 14.9 Å². The van der Waals surface area contributed by atoms with E-state index in [1.807, 2.05) is 29.8 Å². The number of thiazole rings is 1. The van der Waals surface area contributed by atoms with Crippen LogP contribution in [0.1, 0.15) is 32.1 Å². The van der Waals surface area contributed by atoms with Gasteiger partial charge in [-0.15, -0.1) is 11.8 Å². The maximum absolute atomic E-state index is 12.2. The van der Waals surface area contributed by atoms with Crippen molar-refractivity contribution in [1.29, 1.82) is 0 Å². The molecule has 1 fully saturated rings. The lowest BCUT2D eigenvalue weighted by Gasteiger charge is -2.22. The fourth-order valence-corrected chi connectivity index (χ4v) is 4.91. The summed E-state index contributed by atoms with van der Waals surface area (Å²) in [7, 11) is 3.52. The molecule has 1 N–H and O–H groups in total. The van der Waals surface area contributed by atoms with Crippen LogP contribution in [0, 0.1) is 0 Å². The third kappa shape index (κ3) is 5.35. The third-order valence-corrected chi connectivity index (χ3v) is 6.68. The Bertz CT molecular complexity index is 882. The molecule has 146 valence electrons. The standard InChI is InChI=1S/C19H25N3O3S2/c1-22-15-9-8-14(25-2)10-16(15)27-19(22)21-18(24)12-26-11-17(23)20-13-6-4-3-5-7-13/h8-10,13H,3-7,11-12H2,1-2H3,(H,20,23). The Morgan fingerprint density at radius 1 is 1.30 bits per heavy atom. The number of amides is 2. The zero-order valence-corrected chi connectivity index (χ0v) is 17.3. The molecule has 0 unspecified atom stereocenters. The van der Waals surface area contributed by atoms with E-state index >= 15 is 0 Å². The SMILES string of the molecule is COc1ccc2c(c1)sc(=NC(=O)CSCC(=O)NC1CCCCC1)n2C. The van der Waals surface area contributed by atoms with E-state index in [0.29, 0.717) is 16.6 Å². The van der Waals surface area contributed by atoms with Gasteiger partial charge in [0.2, 0.25) is 5.91 Å². The van der Waals surface area contributed by atoms with Crippen LogP contribution in [0.3, 0.4) is 0 Å². The Morgan fingerprint density at radius 3 is 2.81 bits per heavy atom. The Hall–Kier alpha value is -1.80. The molecular weight excluding hydrogens is 382 g/mol. The van der Waals surface area contributed by atoms with E-state index in [9.17, 15) is 9.59 Å². The van der Waals surface area contributed by atoms with Crippen molar-refractivity contribution in [3.63, 3.8) is 0 Å². The number of thioether (sulfide) groups is 1. The summed E-state index contributed by atoms with van der Waals surface area (Å²) in [6, 6.07) is 6.09. The van der Waals surface area contributed by atoms with Gasteiger partial charge in [-0.2, -0.15) is 4.99 Å². The lowest BCUT2D eigenvalue weighted by atomic mass is 9.95. The van der Waals surface area contributed by atoms with Crippen LogP contribution in [0.25, 0.3) is 10.2 Å². The van der Waals surface area contributed by atoms with Gasteiger partial charge in [0.1, 0.15) is 5.75 Å². The Morgan fingerprint density at radius 2 is 2.07 bits per heavy atom. The highest BCUT2D eigenvalue weighted by Gasteiger charge is 2.15. The maximum atomic E-state index is 12.2. The van der Waals surface area contributed by atoms with E-state index in [0.717, 1.165) is 28.8 Å². The van der Waals surface area contributed by atoms with Crippen LogP contribution in [-0.4, -0.2) is 41.0 Å². The number of carbonyl (C=O) groups is 2. The molecule has 1 aliphatic rings. The number of methoxy groups -OCH3 is 1. The molecule has 2 aromatic rings. The van der Waals surface area contributed by atoms with E-state index in [4.69, 9.17) is 4.74 Å². The van der Waals surface area contributed by atoms with Crippen LogP contribution in [0.4, 0.5) is 0 Å². The lowest BCUT2D eigenvalue weighted by Crippen LogP contribution is -2.37. The van der Waals surface area contributed by atoms with Crippen LogP contribution in [0.5, 0.6) is 5.75 Å². The van der Waals surface area contributed by atoms with Gasteiger partial charge in [-0.1, -0.05) is 30.6 Å². The Labute approximate surface area is 167 Å². The van der Waals surface area contributed by atoms with E-state index in [1.54, 1.807) is 7.11 Å². The van der Waals surface area contributed by atoms with Crippen LogP contribution in [0.15, 0.2) is 23.2 Å². The highest BCUT2D eigenvalue weighted by atomic mass is 32.2. The number of hydrogen-bond donors (Lipinski definition) is 1. The second-order valence-electron chi connectivity index (χ2n) is 6.68. The third-order valence-electron chi connectivity index (χ3n) is 4.67. The van der Waals surface area contributed by atoms with Gasteiger partial charge in [0.15, 0.2) is 4.80 Å². The molecule has 27 heavy (non-hydrogen) atoms. The van der Waals surface area contributed by atoms with Gasteiger partial charge in [-0.25, -0.2) is 0 Å². The fraction of sp³-hybridized carbons (Fsp3) is 0.526. The van der Waals surface area contributed by atoms with Crippen molar-refractivity contribution < 1.29 is 14.3 Å². The summed E-state index contributed by atoms with van der Waals surface area (Å²) in [5, 5.41) is 3.06. The molecule has 1 aliphatic carbocycles. The van der Waals surface area contributed by atoms with E-state index in [2.05, 4.69) is 10.3 Å². The maximum Gasteiger partial charge on any atom is 0.258 e. The van der Waals surface area contributed by atoms with E-state index in [-0.39, 0.29) is 17.6 Å². The molecular formula is C19H25N3O3S2. The minimum Gasteiger partial charge on any atom is -0.497 e. The number of benzene rings is 1. The number of fused-ring (bicyclic) bond motifs is 1. The molecule has 2 amide bonds. The van der Waals surface area contributed by atoms with Gasteiger partial charge in [0, 0.05) is 13.1 Å². The van der Waals surface area contributed by atoms with Crippen LogP contribution >= 0.6 is 23.1 Å². The number of aryl methyl sites for hydroxylation is 1. The normalized spacial score (nSPS) is 15.9. The minimum atomic E-state index is -0.223. The molecule has 0 bridgehead atoms. The van der Waals surface area contributed by atoms with Crippen molar-refractivity contribution in [3.8, 4) is 5.75 Å². The monoisotopic (exact) mass is 407 g/mol. The molecule has 0 saturated heterocycles. The zero-order chi connectivity index (χ0) is 19.2. The quantitative estimate of drug-likeness (QED) is 0.799. The lowest BCUT2D eigenvalue weighted by molar-refractivity contribution is -0.119. The molecule has 0 aliphatic heterocycles. The summed E-state index contributed by atoms with van der Waals surface area (Å²) in [5.41, 5.74) is 1.01. The first-order valence-electron chi connectivity index (χ1n) is 9.15. The summed E-state index contributed by atoms with van der Waals surface area (Å²) < 4.78 is 8.16. The van der Waals surface area contributed by atoms with Crippen molar-refractivity contribution in [2.75, 3.05) is 18.6 Å². The number of nitrogens with zero attached hydrogens (tertiary/aromatic N) is 2. The van der Waals surface area contributed by atoms with Gasteiger partial charge >= 0.3 is 0 Å². The summed E-state index contributed by atoms with van der Waals surface area (Å²) in [5.74, 6) is 1.07. The van der Waals surface area contributed by atoms with E-state index < -0.39 is 0 Å². The van der Waals surface area contributed by atoms with Crippen LogP contribution in [-0.2, 0) is 16.6 Å². The first-order valence-corrected chi connectivity index (χ1v) is 11.1. The fourth-order valence-electron chi connectivity index (χ4n) is 3.23. The molecule has 8 heteroatoms. The van der Waals surface area contributed by atoms with Gasteiger partial charge in [-0.05, 0) is 31.0 Å². The molecule has 0 spiro atoms. The van der Waals surface area contributed by atoms with Crippen molar-refractivity contribution in [1.82, 2.24) is 9.88 Å². The highest BCUT2D eigenvalue weighted by Crippen LogP contribution is 2.22. The summed E-state index contributed by atoms with van der Waals surface area (Å²) >= 11 is 2.77. The van der Waals surface area contributed by atoms with Crippen molar-refractivity contribution in [2.45, 2.75) is 38.1 Å². The topological polar surface area (TPSA) is 72.7 Å². The zero-order valence-electron chi connectivity index (χ0n) is 15.7. The number of hydrogen-bond acceptors (Lipinski definition) is 5. The summed E-state index contributed by atoms with van der Waals surface area (Å²) in [4.78, 5) is 29.0. The molecule has 1 heterocycles. The highest BCUT2D eigenvalue weighted by molar-refractivity contribution is 8.00. The average Bonchev–Trinajstić information content (AvgIpc) is 2.97. The first kappa shape index (κ1) is 19.9. The molecule has 1 aromatic carbocycles. The first-order chi connectivity index (χ1) is 13.1. The van der Waals surface area contributed by atoms with Gasteiger partial charge in [0.05, 0.1) is 28.8 Å². The Kier molecular flexibility index (Phi) is 6.95. The molecule has 6 nitrogen and oxygen atoms in total. The second-order valence-corrected chi connectivity index (χ2v) is 8.67. The van der Waals surface area contributed by atoms with Gasteiger partial charge in [0.25, 0.3) is 5.91 Å². The molecule has 3 rings (SSSR count). The smallest absolute Gasteiger partial charge is 0.258 e. The van der Waals surface area contributed by atoms with Gasteiger partial charge < -0.3 is 14.6 Å². The second kappa shape index (κ2) is 9.41. The number of ether oxygens (including phenoxy) is 1. The Balaban J connectivity index is 1.54. The number of aromatic nitrogens is 1. The number of rotatable bonds is 6. The average molecular weight is 408 g/mol. The summed E-state index contributed by atoms with van der Waals surface area (Å²) in [6.45, 7) is 0. The molecule has 0 radical (unpaired) electrons. The largest absolute Gasteiger partial charge is 0.497 e. The van der Waals surface area contributed by atoms with Gasteiger partial charge in [-0.3, -0.25) is 9.59 Å². The van der Waals surface area contributed by atoms with Crippen molar-refractivity contribution in [3.05, 3.63) is 23.0 Å². The number of carbonyl (C=O) groups excluding carboxylic acids is 2. The molecule has 1 saturated carbocycles. The predicted molar refractivity (Wildman–Crippen MR) is 110 cm³/mol. The van der Waals surface area contributed by atoms with Crippen molar-refractivity contribution in [2.24, 2.45) is 12.0 Å². The number of nitrogens with one attached hydrogen (secondary N) is 1. The minimum absolute atomic E-state index is 0.0132.